The van der Waals surface area contributed by atoms with Crippen molar-refractivity contribution in [2.75, 3.05) is 7.05 Å². The molecule has 0 bridgehead atoms. The van der Waals surface area contributed by atoms with Crippen LogP contribution in [0.2, 0.25) is 5.28 Å². The quantitative estimate of drug-likeness (QED) is 0.763. The van der Waals surface area contributed by atoms with Crippen molar-refractivity contribution in [3.05, 3.63) is 38.5 Å². The van der Waals surface area contributed by atoms with Gasteiger partial charge >= 0.3 is 0 Å². The molecule has 0 saturated carbocycles. The molecule has 0 aliphatic carbocycles. The van der Waals surface area contributed by atoms with E-state index in [2.05, 4.69) is 25.9 Å². The Kier molecular flexibility index (Phi) is 4.57. The summed E-state index contributed by atoms with van der Waals surface area (Å²) >= 11 is 10.4. The molecular formula is C10H9BrClN3O2S2. The lowest BCUT2D eigenvalue weighted by Crippen LogP contribution is -2.26. The van der Waals surface area contributed by atoms with E-state index < -0.39 is 10.0 Å². The summed E-state index contributed by atoms with van der Waals surface area (Å²) in [6.45, 7) is 0.293. The number of sulfonamides is 1. The monoisotopic (exact) mass is 381 g/mol. The van der Waals surface area contributed by atoms with E-state index in [4.69, 9.17) is 11.6 Å². The zero-order valence-electron chi connectivity index (χ0n) is 9.75. The van der Waals surface area contributed by atoms with Crippen LogP contribution in [0.25, 0.3) is 0 Å². The molecule has 0 aromatic carbocycles. The van der Waals surface area contributed by atoms with E-state index in [1.165, 1.54) is 35.1 Å². The molecular weight excluding hydrogens is 374 g/mol. The standard InChI is InChI=1S/C10H9BrClN3O2S2/c1-15(5-8-2-7(11)6-18-8)19(16,17)9-3-13-10(12)14-4-9/h2-4,6H,5H2,1H3. The van der Waals surface area contributed by atoms with Crippen LogP contribution >= 0.6 is 38.9 Å². The summed E-state index contributed by atoms with van der Waals surface area (Å²) in [7, 11) is -2.09. The summed E-state index contributed by atoms with van der Waals surface area (Å²) in [5, 5.41) is 1.92. The fourth-order valence-corrected chi connectivity index (χ4v) is 4.08. The molecule has 5 nitrogen and oxygen atoms in total. The van der Waals surface area contributed by atoms with E-state index in [0.29, 0.717) is 6.54 Å². The Morgan fingerprint density at radius 1 is 1.42 bits per heavy atom. The smallest absolute Gasteiger partial charge is 0.225 e. The first-order chi connectivity index (χ1) is 8.89. The zero-order valence-corrected chi connectivity index (χ0v) is 13.7. The molecule has 0 radical (unpaired) electrons. The third-order valence-electron chi connectivity index (χ3n) is 2.31. The van der Waals surface area contributed by atoms with Crippen molar-refractivity contribution in [2.24, 2.45) is 0 Å². The average molecular weight is 383 g/mol. The maximum atomic E-state index is 12.3. The summed E-state index contributed by atoms with van der Waals surface area (Å²) < 4.78 is 26.7. The Bertz CT molecular complexity index is 672. The number of hydrogen-bond donors (Lipinski definition) is 0. The minimum atomic E-state index is -3.60. The summed E-state index contributed by atoms with van der Waals surface area (Å²) in [4.78, 5) is 8.33. The van der Waals surface area contributed by atoms with E-state index in [9.17, 15) is 8.42 Å². The van der Waals surface area contributed by atoms with Gasteiger partial charge < -0.3 is 0 Å². The van der Waals surface area contributed by atoms with Crippen LogP contribution in [0.3, 0.4) is 0 Å². The number of nitrogens with zero attached hydrogens (tertiary/aromatic N) is 3. The van der Waals surface area contributed by atoms with Gasteiger partial charge in [0.1, 0.15) is 4.90 Å². The number of rotatable bonds is 4. The number of hydrogen-bond acceptors (Lipinski definition) is 5. The van der Waals surface area contributed by atoms with Gasteiger partial charge in [0.15, 0.2) is 0 Å². The Hall–Kier alpha value is -0.540. The van der Waals surface area contributed by atoms with Gasteiger partial charge in [0.2, 0.25) is 15.3 Å². The highest BCUT2D eigenvalue weighted by molar-refractivity contribution is 9.10. The van der Waals surface area contributed by atoms with Gasteiger partial charge in [0.25, 0.3) is 0 Å². The molecule has 2 rings (SSSR count). The lowest BCUT2D eigenvalue weighted by molar-refractivity contribution is 0.469. The fraction of sp³-hybridized carbons (Fsp3) is 0.200. The van der Waals surface area contributed by atoms with Gasteiger partial charge in [-0.3, -0.25) is 0 Å². The van der Waals surface area contributed by atoms with Crippen molar-refractivity contribution in [3.63, 3.8) is 0 Å². The van der Waals surface area contributed by atoms with E-state index in [0.717, 1.165) is 9.35 Å². The third-order valence-corrected chi connectivity index (χ3v) is 5.94. The van der Waals surface area contributed by atoms with Crippen LogP contribution in [0.1, 0.15) is 4.88 Å². The molecule has 19 heavy (non-hydrogen) atoms. The van der Waals surface area contributed by atoms with Gasteiger partial charge in [-0.1, -0.05) is 0 Å². The third kappa shape index (κ3) is 3.51. The summed E-state index contributed by atoms with van der Waals surface area (Å²) in [5.41, 5.74) is 0. The maximum Gasteiger partial charge on any atom is 0.246 e. The molecule has 2 aromatic heterocycles. The molecule has 2 aromatic rings. The minimum Gasteiger partial charge on any atom is -0.225 e. The van der Waals surface area contributed by atoms with Crippen LogP contribution in [0.4, 0.5) is 0 Å². The highest BCUT2D eigenvalue weighted by Gasteiger charge is 2.22. The average Bonchev–Trinajstić information content (AvgIpc) is 2.75. The molecule has 0 fully saturated rings. The van der Waals surface area contributed by atoms with Crippen molar-refractivity contribution >= 4 is 48.9 Å². The second-order valence-corrected chi connectivity index (χ2v) is 7.97. The molecule has 0 aliphatic rings. The van der Waals surface area contributed by atoms with Crippen LogP contribution in [0.15, 0.2) is 33.2 Å². The van der Waals surface area contributed by atoms with Crippen molar-refractivity contribution in [3.8, 4) is 0 Å². The molecule has 0 spiro atoms. The highest BCUT2D eigenvalue weighted by Crippen LogP contribution is 2.23. The van der Waals surface area contributed by atoms with Gasteiger partial charge in [-0.15, -0.1) is 11.3 Å². The first-order valence-electron chi connectivity index (χ1n) is 5.06. The summed E-state index contributed by atoms with van der Waals surface area (Å²) in [5.74, 6) is 0. The summed E-state index contributed by atoms with van der Waals surface area (Å²) in [6.07, 6.45) is 2.40. The predicted octanol–water partition coefficient (Wildman–Crippen LogP) is 2.77. The molecule has 0 unspecified atom stereocenters. The van der Waals surface area contributed by atoms with Gasteiger partial charge in [-0.05, 0) is 33.6 Å². The molecule has 0 amide bonds. The van der Waals surface area contributed by atoms with Gasteiger partial charge in [0.05, 0.1) is 12.4 Å². The number of halogens is 2. The Morgan fingerprint density at radius 3 is 2.58 bits per heavy atom. The second-order valence-electron chi connectivity index (χ2n) is 3.68. The van der Waals surface area contributed by atoms with Crippen LogP contribution in [-0.4, -0.2) is 29.7 Å². The molecule has 0 N–H and O–H groups in total. The highest BCUT2D eigenvalue weighted by atomic mass is 79.9. The van der Waals surface area contributed by atoms with Gasteiger partial charge in [-0.2, -0.15) is 4.31 Å². The normalized spacial score (nSPS) is 12.0. The Balaban J connectivity index is 2.21. The summed E-state index contributed by atoms with van der Waals surface area (Å²) in [6, 6.07) is 1.88. The van der Waals surface area contributed by atoms with Crippen LogP contribution in [0.5, 0.6) is 0 Å². The number of aromatic nitrogens is 2. The first-order valence-corrected chi connectivity index (χ1v) is 8.55. The minimum absolute atomic E-state index is 0.0174. The van der Waals surface area contributed by atoms with E-state index >= 15 is 0 Å². The zero-order chi connectivity index (χ0) is 14.0. The van der Waals surface area contributed by atoms with Crippen LogP contribution < -0.4 is 0 Å². The molecule has 102 valence electrons. The van der Waals surface area contributed by atoms with E-state index in [1.807, 2.05) is 11.4 Å². The van der Waals surface area contributed by atoms with E-state index in [-0.39, 0.29) is 10.2 Å². The first kappa shape index (κ1) is 14.9. The topological polar surface area (TPSA) is 63.2 Å². The second kappa shape index (κ2) is 5.84. The molecule has 0 aliphatic heterocycles. The van der Waals surface area contributed by atoms with Crippen molar-refractivity contribution < 1.29 is 8.42 Å². The largest absolute Gasteiger partial charge is 0.246 e. The fourth-order valence-electron chi connectivity index (χ4n) is 1.35. The van der Waals surface area contributed by atoms with Crippen molar-refractivity contribution in [1.82, 2.24) is 14.3 Å². The molecule has 0 atom stereocenters. The Labute approximate surface area is 128 Å². The van der Waals surface area contributed by atoms with Crippen LogP contribution in [0, 0.1) is 0 Å². The maximum absolute atomic E-state index is 12.3. The predicted molar refractivity (Wildman–Crippen MR) is 77.7 cm³/mol. The van der Waals surface area contributed by atoms with Gasteiger partial charge in [0, 0.05) is 28.3 Å². The Morgan fingerprint density at radius 2 is 2.05 bits per heavy atom. The van der Waals surface area contributed by atoms with Crippen molar-refractivity contribution in [2.45, 2.75) is 11.4 Å². The molecule has 0 saturated heterocycles. The number of thiophene rings is 1. The SMILES string of the molecule is CN(Cc1cc(Br)cs1)S(=O)(=O)c1cnc(Cl)nc1. The van der Waals surface area contributed by atoms with Crippen molar-refractivity contribution in [1.29, 1.82) is 0 Å². The van der Waals surface area contributed by atoms with Gasteiger partial charge in [-0.25, -0.2) is 18.4 Å². The molecule has 2 heterocycles. The van der Waals surface area contributed by atoms with E-state index in [1.54, 1.807) is 0 Å². The lowest BCUT2D eigenvalue weighted by atomic mass is 10.5. The molecule has 9 heteroatoms. The van der Waals surface area contributed by atoms with Crippen LogP contribution in [-0.2, 0) is 16.6 Å². The lowest BCUT2D eigenvalue weighted by Gasteiger charge is -2.15.